The molecule has 62 valence electrons. The molecule has 0 radical (unpaired) electrons. The number of hydroxylamine groups is 1. The average Bonchev–Trinajstić information content (AvgIpc) is 2.13. The number of nitrogens with one attached hydrogen (secondary N) is 1. The molecule has 4 N–H and O–H groups in total. The molecule has 1 unspecified atom stereocenters. The summed E-state index contributed by atoms with van der Waals surface area (Å²) in [5.41, 5.74) is 7.51. The maximum Gasteiger partial charge on any atom is 0.328 e. The molecule has 0 bridgehead atoms. The van der Waals surface area contributed by atoms with Gasteiger partial charge in [-0.05, 0) is 0 Å². The number of carboxylic acid groups (broad SMARTS) is 1. The average molecular weight is 159 g/mol. The second kappa shape index (κ2) is 3.20. The molecule has 6 nitrogen and oxygen atoms in total. The molecule has 11 heavy (non-hydrogen) atoms. The number of carboxylic acids is 1. The van der Waals surface area contributed by atoms with E-state index in [2.05, 4.69) is 10.5 Å². The van der Waals surface area contributed by atoms with Crippen molar-refractivity contribution in [1.82, 2.24) is 5.48 Å². The summed E-state index contributed by atoms with van der Waals surface area (Å²) in [6.45, 7) is 0.293. The molecule has 0 aliphatic carbocycles. The Morgan fingerprint density at radius 1 is 1.91 bits per heavy atom. The van der Waals surface area contributed by atoms with Crippen molar-refractivity contribution in [1.29, 1.82) is 0 Å². The molecule has 1 aliphatic rings. The number of nitrogens with two attached hydrogens (primary N) is 1. The summed E-state index contributed by atoms with van der Waals surface area (Å²) in [5.74, 6) is -0.977. The van der Waals surface area contributed by atoms with E-state index in [4.69, 9.17) is 15.7 Å². The fourth-order valence-electron chi connectivity index (χ4n) is 0.733. The van der Waals surface area contributed by atoms with E-state index in [1.165, 1.54) is 0 Å². The Morgan fingerprint density at radius 2 is 2.64 bits per heavy atom. The largest absolute Gasteiger partial charge is 0.480 e. The van der Waals surface area contributed by atoms with Gasteiger partial charge in [-0.1, -0.05) is 0 Å². The van der Waals surface area contributed by atoms with Gasteiger partial charge in [-0.15, -0.1) is 0 Å². The maximum atomic E-state index is 10.4. The van der Waals surface area contributed by atoms with Crippen LogP contribution in [0.1, 0.15) is 6.42 Å². The smallest absolute Gasteiger partial charge is 0.328 e. The summed E-state index contributed by atoms with van der Waals surface area (Å²) in [6.07, 6.45) is 0.336. The second-order valence-corrected chi connectivity index (χ2v) is 2.11. The summed E-state index contributed by atoms with van der Waals surface area (Å²) in [6, 6.07) is -0.787. The first-order valence-corrected chi connectivity index (χ1v) is 3.14. The van der Waals surface area contributed by atoms with Gasteiger partial charge in [0.2, 0.25) is 5.96 Å². The molecule has 1 heterocycles. The van der Waals surface area contributed by atoms with Crippen LogP contribution in [0.4, 0.5) is 0 Å². The third kappa shape index (κ3) is 2.08. The van der Waals surface area contributed by atoms with Crippen molar-refractivity contribution in [2.75, 3.05) is 6.61 Å². The predicted molar refractivity (Wildman–Crippen MR) is 36.8 cm³/mol. The minimum Gasteiger partial charge on any atom is -0.480 e. The van der Waals surface area contributed by atoms with Gasteiger partial charge in [0.05, 0.1) is 6.61 Å². The number of aliphatic imine (C=N–C) groups is 1. The second-order valence-electron chi connectivity index (χ2n) is 2.11. The molecular formula is C5H9N3O3. The third-order valence-electron chi connectivity index (χ3n) is 1.25. The SMILES string of the molecule is NC1=NC(C(=O)O)CCON1. The lowest BCUT2D eigenvalue weighted by Crippen LogP contribution is -2.31. The molecule has 0 saturated heterocycles. The van der Waals surface area contributed by atoms with Crippen molar-refractivity contribution in [2.45, 2.75) is 12.5 Å². The van der Waals surface area contributed by atoms with E-state index in [1.807, 2.05) is 0 Å². The highest BCUT2D eigenvalue weighted by molar-refractivity contribution is 5.82. The molecular weight excluding hydrogens is 150 g/mol. The first-order valence-electron chi connectivity index (χ1n) is 3.14. The standard InChI is InChI=1S/C5H9N3O3/c6-5-7-3(4(9)10)1-2-11-8-5/h3H,1-2H2,(H,9,10)(H3,6,7,8). The van der Waals surface area contributed by atoms with Crippen LogP contribution >= 0.6 is 0 Å². The first-order chi connectivity index (χ1) is 5.20. The Balaban J connectivity index is 2.64. The van der Waals surface area contributed by atoms with Crippen LogP contribution < -0.4 is 11.2 Å². The fraction of sp³-hybridized carbons (Fsp3) is 0.600. The number of aliphatic carboxylic acids is 1. The summed E-state index contributed by atoms with van der Waals surface area (Å²) >= 11 is 0. The van der Waals surface area contributed by atoms with Crippen LogP contribution in [-0.2, 0) is 9.63 Å². The zero-order chi connectivity index (χ0) is 8.27. The normalized spacial score (nSPS) is 24.7. The van der Waals surface area contributed by atoms with Crippen LogP contribution in [0.3, 0.4) is 0 Å². The maximum absolute atomic E-state index is 10.4. The molecule has 0 aromatic rings. The van der Waals surface area contributed by atoms with E-state index < -0.39 is 12.0 Å². The zero-order valence-corrected chi connectivity index (χ0v) is 5.78. The number of hydrogen-bond donors (Lipinski definition) is 3. The molecule has 0 fully saturated rings. The molecule has 6 heteroatoms. The van der Waals surface area contributed by atoms with E-state index in [9.17, 15) is 4.79 Å². The van der Waals surface area contributed by atoms with E-state index in [0.717, 1.165) is 0 Å². The van der Waals surface area contributed by atoms with Crippen LogP contribution in [-0.4, -0.2) is 29.7 Å². The van der Waals surface area contributed by atoms with E-state index in [-0.39, 0.29) is 5.96 Å². The van der Waals surface area contributed by atoms with E-state index >= 15 is 0 Å². The van der Waals surface area contributed by atoms with Gasteiger partial charge in [0, 0.05) is 6.42 Å². The topological polar surface area (TPSA) is 96.9 Å². The van der Waals surface area contributed by atoms with Gasteiger partial charge in [-0.3, -0.25) is 4.84 Å². The van der Waals surface area contributed by atoms with Gasteiger partial charge in [0.1, 0.15) is 0 Å². The number of rotatable bonds is 1. The monoisotopic (exact) mass is 159 g/mol. The summed E-state index contributed by atoms with van der Waals surface area (Å²) < 4.78 is 0. The Morgan fingerprint density at radius 3 is 3.27 bits per heavy atom. The van der Waals surface area contributed by atoms with Crippen molar-refractivity contribution < 1.29 is 14.7 Å². The van der Waals surface area contributed by atoms with Crippen LogP contribution in [0.5, 0.6) is 0 Å². The molecule has 1 rings (SSSR count). The van der Waals surface area contributed by atoms with Gasteiger partial charge in [-0.25, -0.2) is 15.3 Å². The van der Waals surface area contributed by atoms with E-state index in [0.29, 0.717) is 13.0 Å². The van der Waals surface area contributed by atoms with E-state index in [1.54, 1.807) is 0 Å². The number of carbonyl (C=O) groups is 1. The Labute approximate surface area is 63.0 Å². The minimum atomic E-state index is -0.986. The molecule has 0 aromatic carbocycles. The van der Waals surface area contributed by atoms with Gasteiger partial charge in [-0.2, -0.15) is 0 Å². The minimum absolute atomic E-state index is 0.00917. The molecule has 0 amide bonds. The van der Waals surface area contributed by atoms with Gasteiger partial charge in [0.15, 0.2) is 6.04 Å². The van der Waals surface area contributed by atoms with Crippen molar-refractivity contribution in [3.63, 3.8) is 0 Å². The molecule has 0 spiro atoms. The van der Waals surface area contributed by atoms with Crippen molar-refractivity contribution >= 4 is 11.9 Å². The van der Waals surface area contributed by atoms with Crippen molar-refractivity contribution in [2.24, 2.45) is 10.7 Å². The quantitative estimate of drug-likeness (QED) is 0.441. The highest BCUT2D eigenvalue weighted by atomic mass is 16.6. The lowest BCUT2D eigenvalue weighted by molar-refractivity contribution is -0.138. The van der Waals surface area contributed by atoms with Crippen molar-refractivity contribution in [3.8, 4) is 0 Å². The molecule has 0 saturated carbocycles. The summed E-state index contributed by atoms with van der Waals surface area (Å²) in [4.78, 5) is 18.8. The Hall–Kier alpha value is -1.30. The van der Waals surface area contributed by atoms with Gasteiger partial charge >= 0.3 is 5.97 Å². The Kier molecular flexibility index (Phi) is 2.27. The number of guanidine groups is 1. The number of hydrogen-bond acceptors (Lipinski definition) is 5. The number of nitrogens with zero attached hydrogens (tertiary/aromatic N) is 1. The molecule has 1 atom stereocenters. The van der Waals surface area contributed by atoms with Gasteiger partial charge < -0.3 is 10.8 Å². The van der Waals surface area contributed by atoms with Crippen LogP contribution in [0.25, 0.3) is 0 Å². The summed E-state index contributed by atoms with van der Waals surface area (Å²) in [5, 5.41) is 8.54. The third-order valence-corrected chi connectivity index (χ3v) is 1.25. The highest BCUT2D eigenvalue weighted by Crippen LogP contribution is 2.00. The fourth-order valence-corrected chi connectivity index (χ4v) is 0.733. The van der Waals surface area contributed by atoms with Crippen molar-refractivity contribution in [3.05, 3.63) is 0 Å². The first kappa shape index (κ1) is 7.80. The predicted octanol–water partition coefficient (Wildman–Crippen LogP) is -1.32. The van der Waals surface area contributed by atoms with Gasteiger partial charge in [0.25, 0.3) is 0 Å². The lowest BCUT2D eigenvalue weighted by atomic mass is 10.2. The molecule has 0 aromatic heterocycles. The van der Waals surface area contributed by atoms with Crippen LogP contribution in [0, 0.1) is 0 Å². The molecule has 1 aliphatic heterocycles. The lowest BCUT2D eigenvalue weighted by Gasteiger charge is -2.00. The van der Waals surface area contributed by atoms with Crippen LogP contribution in [0.2, 0.25) is 0 Å². The zero-order valence-electron chi connectivity index (χ0n) is 5.78. The Bertz CT molecular complexity index is 191. The highest BCUT2D eigenvalue weighted by Gasteiger charge is 2.18. The summed E-state index contributed by atoms with van der Waals surface area (Å²) in [7, 11) is 0. The van der Waals surface area contributed by atoms with Crippen LogP contribution in [0.15, 0.2) is 4.99 Å².